The van der Waals surface area contributed by atoms with Crippen molar-refractivity contribution in [2.45, 2.75) is 4.90 Å². The Labute approximate surface area is 147 Å². The maximum absolute atomic E-state index is 13.1. The van der Waals surface area contributed by atoms with Crippen molar-refractivity contribution in [1.29, 1.82) is 0 Å². The van der Waals surface area contributed by atoms with Crippen LogP contribution in [0.3, 0.4) is 0 Å². The summed E-state index contributed by atoms with van der Waals surface area (Å²) in [6.07, 6.45) is 0. The number of methoxy groups -OCH3 is 1. The van der Waals surface area contributed by atoms with E-state index < -0.39 is 34.1 Å². The quantitative estimate of drug-likeness (QED) is 0.793. The van der Waals surface area contributed by atoms with Crippen LogP contribution in [-0.4, -0.2) is 28.0 Å². The zero-order valence-corrected chi connectivity index (χ0v) is 14.4. The number of amides is 1. The Morgan fingerprint density at radius 1 is 1.16 bits per heavy atom. The van der Waals surface area contributed by atoms with E-state index in [1.807, 2.05) is 0 Å². The van der Waals surface area contributed by atoms with Crippen LogP contribution in [-0.2, 0) is 14.8 Å². The van der Waals surface area contributed by atoms with Crippen molar-refractivity contribution in [3.05, 3.63) is 53.1 Å². The summed E-state index contributed by atoms with van der Waals surface area (Å²) >= 11 is 5.87. The molecule has 6 nitrogen and oxygen atoms in total. The zero-order chi connectivity index (χ0) is 18.6. The number of halogens is 3. The number of rotatable bonds is 6. The summed E-state index contributed by atoms with van der Waals surface area (Å²) in [5, 5.41) is 2.34. The summed E-state index contributed by atoms with van der Waals surface area (Å²) in [7, 11) is -2.61. The Morgan fingerprint density at radius 2 is 1.88 bits per heavy atom. The number of ether oxygens (including phenoxy) is 1. The van der Waals surface area contributed by atoms with Gasteiger partial charge in [-0.2, -0.15) is 0 Å². The second-order valence-electron chi connectivity index (χ2n) is 4.80. The van der Waals surface area contributed by atoms with Crippen LogP contribution in [0.15, 0.2) is 41.3 Å². The van der Waals surface area contributed by atoms with Gasteiger partial charge in [-0.15, -0.1) is 0 Å². The molecule has 2 aromatic rings. The second kappa shape index (κ2) is 7.77. The van der Waals surface area contributed by atoms with E-state index in [1.54, 1.807) is 0 Å². The molecule has 0 heterocycles. The minimum absolute atomic E-state index is 0.00408. The third kappa shape index (κ3) is 4.88. The molecule has 10 heteroatoms. The van der Waals surface area contributed by atoms with Crippen molar-refractivity contribution in [3.8, 4) is 5.75 Å². The van der Waals surface area contributed by atoms with Crippen LogP contribution in [0.5, 0.6) is 5.75 Å². The van der Waals surface area contributed by atoms with E-state index in [2.05, 4.69) is 10.0 Å². The van der Waals surface area contributed by atoms with Gasteiger partial charge < -0.3 is 10.1 Å². The maximum atomic E-state index is 13.1. The highest BCUT2D eigenvalue weighted by atomic mass is 35.5. The molecule has 0 aliphatic heterocycles. The standard InChI is InChI=1S/C15H13ClF2N2O4S/c1-24-14-5-3-10(7-11(14)16)25(22,23)19-8-15(21)20-9-2-4-12(17)13(18)6-9/h2-7,19H,8H2,1H3,(H,20,21). The molecule has 0 bridgehead atoms. The number of carbonyl (C=O) groups is 1. The summed E-state index contributed by atoms with van der Waals surface area (Å²) in [6, 6.07) is 6.59. The van der Waals surface area contributed by atoms with Crippen LogP contribution in [0, 0.1) is 11.6 Å². The van der Waals surface area contributed by atoms with E-state index in [1.165, 1.54) is 25.3 Å². The fourth-order valence-corrected chi connectivity index (χ4v) is 3.17. The molecule has 134 valence electrons. The molecular formula is C15H13ClF2N2O4S. The number of benzene rings is 2. The first kappa shape index (κ1) is 19.1. The second-order valence-corrected chi connectivity index (χ2v) is 6.97. The molecule has 0 aliphatic carbocycles. The van der Waals surface area contributed by atoms with Gasteiger partial charge in [0.2, 0.25) is 15.9 Å². The summed E-state index contributed by atoms with van der Waals surface area (Å²) in [6.45, 7) is -0.606. The number of hydrogen-bond donors (Lipinski definition) is 2. The van der Waals surface area contributed by atoms with Crippen LogP contribution in [0.2, 0.25) is 5.02 Å². The highest BCUT2D eigenvalue weighted by Gasteiger charge is 2.17. The fraction of sp³-hybridized carbons (Fsp3) is 0.133. The SMILES string of the molecule is COc1ccc(S(=O)(=O)NCC(=O)Nc2ccc(F)c(F)c2)cc1Cl. The third-order valence-corrected chi connectivity index (χ3v) is 4.75. The predicted octanol–water partition coefficient (Wildman–Crippen LogP) is 2.54. The molecule has 25 heavy (non-hydrogen) atoms. The molecule has 0 saturated heterocycles. The van der Waals surface area contributed by atoms with E-state index in [-0.39, 0.29) is 15.6 Å². The van der Waals surface area contributed by atoms with Crippen molar-refractivity contribution in [2.75, 3.05) is 19.0 Å². The van der Waals surface area contributed by atoms with Gasteiger partial charge >= 0.3 is 0 Å². The first-order valence-corrected chi connectivity index (χ1v) is 8.67. The number of carbonyl (C=O) groups excluding carboxylic acids is 1. The van der Waals surface area contributed by atoms with Gasteiger partial charge in [0.1, 0.15) is 5.75 Å². The molecule has 2 N–H and O–H groups in total. The molecule has 0 aliphatic rings. The monoisotopic (exact) mass is 390 g/mol. The van der Waals surface area contributed by atoms with E-state index >= 15 is 0 Å². The Kier molecular flexibility index (Phi) is 5.93. The number of sulfonamides is 1. The molecular weight excluding hydrogens is 378 g/mol. The Morgan fingerprint density at radius 3 is 2.48 bits per heavy atom. The Balaban J connectivity index is 2.02. The van der Waals surface area contributed by atoms with Gasteiger partial charge in [0.05, 0.1) is 23.6 Å². The third-order valence-electron chi connectivity index (χ3n) is 3.06. The first-order chi connectivity index (χ1) is 11.7. The first-order valence-electron chi connectivity index (χ1n) is 6.81. The predicted molar refractivity (Wildman–Crippen MR) is 88.2 cm³/mol. The molecule has 0 atom stereocenters. The highest BCUT2D eigenvalue weighted by Crippen LogP contribution is 2.26. The van der Waals surface area contributed by atoms with Crippen LogP contribution in [0.4, 0.5) is 14.5 Å². The molecule has 1 amide bonds. The lowest BCUT2D eigenvalue weighted by molar-refractivity contribution is -0.115. The van der Waals surface area contributed by atoms with Gasteiger partial charge in [-0.1, -0.05) is 11.6 Å². The molecule has 0 aromatic heterocycles. The normalized spacial score (nSPS) is 11.2. The zero-order valence-electron chi connectivity index (χ0n) is 12.8. The van der Waals surface area contributed by atoms with Gasteiger partial charge in [0.25, 0.3) is 0 Å². The topological polar surface area (TPSA) is 84.5 Å². The van der Waals surface area contributed by atoms with Crippen LogP contribution < -0.4 is 14.8 Å². The highest BCUT2D eigenvalue weighted by molar-refractivity contribution is 7.89. The van der Waals surface area contributed by atoms with Crippen molar-refractivity contribution in [1.82, 2.24) is 4.72 Å². The molecule has 2 aromatic carbocycles. The van der Waals surface area contributed by atoms with Crippen molar-refractivity contribution in [3.63, 3.8) is 0 Å². The van der Waals surface area contributed by atoms with E-state index in [4.69, 9.17) is 16.3 Å². The smallest absolute Gasteiger partial charge is 0.241 e. The maximum Gasteiger partial charge on any atom is 0.241 e. The average Bonchev–Trinajstić information content (AvgIpc) is 2.56. The van der Waals surface area contributed by atoms with Crippen LogP contribution >= 0.6 is 11.6 Å². The van der Waals surface area contributed by atoms with Gasteiger partial charge in [0.15, 0.2) is 11.6 Å². The van der Waals surface area contributed by atoms with Gasteiger partial charge in [0, 0.05) is 11.8 Å². The van der Waals surface area contributed by atoms with E-state index in [0.717, 1.165) is 18.2 Å². The van der Waals surface area contributed by atoms with Crippen LogP contribution in [0.25, 0.3) is 0 Å². The van der Waals surface area contributed by atoms with E-state index in [9.17, 15) is 22.0 Å². The summed E-state index contributed by atoms with van der Waals surface area (Å²) in [5.74, 6) is -2.65. The van der Waals surface area contributed by atoms with Crippen LogP contribution in [0.1, 0.15) is 0 Å². The Bertz CT molecular complexity index is 906. The van der Waals surface area contributed by atoms with Gasteiger partial charge in [-0.05, 0) is 30.3 Å². The molecule has 2 rings (SSSR count). The largest absolute Gasteiger partial charge is 0.495 e. The Hall–Kier alpha value is -2.23. The molecule has 0 radical (unpaired) electrons. The number of nitrogens with one attached hydrogen (secondary N) is 2. The minimum Gasteiger partial charge on any atom is -0.495 e. The summed E-state index contributed by atoms with van der Waals surface area (Å²) < 4.78 is 57.2. The number of hydrogen-bond acceptors (Lipinski definition) is 4. The summed E-state index contributed by atoms with van der Waals surface area (Å²) in [4.78, 5) is 11.6. The lowest BCUT2D eigenvalue weighted by atomic mass is 10.3. The van der Waals surface area contributed by atoms with Gasteiger partial charge in [-0.25, -0.2) is 21.9 Å². The summed E-state index contributed by atoms with van der Waals surface area (Å²) in [5.41, 5.74) is -0.00408. The fourth-order valence-electron chi connectivity index (χ4n) is 1.84. The average molecular weight is 391 g/mol. The van der Waals surface area contributed by atoms with Crippen molar-refractivity contribution >= 4 is 33.2 Å². The van der Waals surface area contributed by atoms with Crippen molar-refractivity contribution in [2.24, 2.45) is 0 Å². The lowest BCUT2D eigenvalue weighted by Crippen LogP contribution is -2.32. The van der Waals surface area contributed by atoms with Crippen molar-refractivity contribution < 1.29 is 26.7 Å². The van der Waals surface area contributed by atoms with Gasteiger partial charge in [-0.3, -0.25) is 4.79 Å². The van der Waals surface area contributed by atoms with E-state index in [0.29, 0.717) is 5.75 Å². The molecule has 0 saturated carbocycles. The lowest BCUT2D eigenvalue weighted by Gasteiger charge is -2.09. The molecule has 0 unspecified atom stereocenters. The molecule has 0 spiro atoms. The molecule has 0 fully saturated rings. The minimum atomic E-state index is -3.99. The number of anilines is 1.